The molecule has 0 saturated heterocycles. The van der Waals surface area contributed by atoms with E-state index in [4.69, 9.17) is 9.47 Å². The van der Waals surface area contributed by atoms with Crippen LogP contribution < -0.4 is 14.9 Å². The lowest BCUT2D eigenvalue weighted by Gasteiger charge is -2.11. The van der Waals surface area contributed by atoms with Crippen LogP contribution in [0.25, 0.3) is 0 Å². The predicted molar refractivity (Wildman–Crippen MR) is 103 cm³/mol. The zero-order valence-corrected chi connectivity index (χ0v) is 16.0. The molecule has 1 N–H and O–H groups in total. The third-order valence-electron chi connectivity index (χ3n) is 3.29. The minimum Gasteiger partial charge on any atom is -0.497 e. The highest BCUT2D eigenvalue weighted by atomic mass is 127. The van der Waals surface area contributed by atoms with Crippen molar-refractivity contribution in [3.63, 3.8) is 0 Å². The molecule has 1 amide bonds. The van der Waals surface area contributed by atoms with E-state index in [1.54, 1.807) is 13.3 Å². The van der Waals surface area contributed by atoms with Gasteiger partial charge in [-0.3, -0.25) is 4.79 Å². The molecule has 0 aliphatic heterocycles. The largest absolute Gasteiger partial charge is 0.497 e. The first-order chi connectivity index (χ1) is 11.5. The molecular formula is C18H19IN2O3. The van der Waals surface area contributed by atoms with Crippen LogP contribution >= 0.6 is 22.6 Å². The standard InChI is InChI=1S/C18H19IN2O3/c1-12-8-15(19)9-13(2)18(12)24-11-17(22)21-20-10-14-4-6-16(23-3)7-5-14/h4-10H,11H2,1-3H3,(H,21,22). The normalized spacial score (nSPS) is 10.7. The number of hydrazone groups is 1. The number of halogens is 1. The van der Waals surface area contributed by atoms with Crippen molar-refractivity contribution in [2.75, 3.05) is 13.7 Å². The number of nitrogens with zero attached hydrogens (tertiary/aromatic N) is 1. The topological polar surface area (TPSA) is 59.9 Å². The molecule has 126 valence electrons. The molecule has 0 fully saturated rings. The van der Waals surface area contributed by atoms with Crippen LogP contribution in [0, 0.1) is 17.4 Å². The van der Waals surface area contributed by atoms with E-state index in [2.05, 4.69) is 33.1 Å². The Kier molecular flexibility index (Phi) is 6.60. The molecule has 0 heterocycles. The van der Waals surface area contributed by atoms with E-state index in [-0.39, 0.29) is 12.5 Å². The first kappa shape index (κ1) is 18.3. The first-order valence-corrected chi connectivity index (χ1v) is 8.43. The van der Waals surface area contributed by atoms with Crippen molar-refractivity contribution in [3.8, 4) is 11.5 Å². The summed E-state index contributed by atoms with van der Waals surface area (Å²) in [6, 6.07) is 11.4. The molecule has 0 aliphatic carbocycles. The summed E-state index contributed by atoms with van der Waals surface area (Å²) in [5.41, 5.74) is 5.33. The number of carbonyl (C=O) groups excluding carboxylic acids is 1. The summed E-state index contributed by atoms with van der Waals surface area (Å²) in [4.78, 5) is 11.8. The summed E-state index contributed by atoms with van der Waals surface area (Å²) < 4.78 is 11.8. The Morgan fingerprint density at radius 1 is 1.21 bits per heavy atom. The lowest BCUT2D eigenvalue weighted by molar-refractivity contribution is -0.123. The zero-order chi connectivity index (χ0) is 17.5. The average molecular weight is 438 g/mol. The van der Waals surface area contributed by atoms with Crippen LogP contribution in [0.5, 0.6) is 11.5 Å². The van der Waals surface area contributed by atoms with E-state index in [0.717, 1.165) is 31.8 Å². The van der Waals surface area contributed by atoms with Crippen molar-refractivity contribution in [1.29, 1.82) is 0 Å². The van der Waals surface area contributed by atoms with Crippen LogP contribution in [-0.4, -0.2) is 25.8 Å². The summed E-state index contributed by atoms with van der Waals surface area (Å²) >= 11 is 2.26. The lowest BCUT2D eigenvalue weighted by atomic mass is 10.1. The maximum atomic E-state index is 11.8. The van der Waals surface area contributed by atoms with Gasteiger partial charge in [-0.25, -0.2) is 5.43 Å². The Hall–Kier alpha value is -2.09. The van der Waals surface area contributed by atoms with Crippen molar-refractivity contribution >= 4 is 34.7 Å². The second kappa shape index (κ2) is 8.68. The number of ether oxygens (including phenoxy) is 2. The molecule has 0 radical (unpaired) electrons. The highest BCUT2D eigenvalue weighted by Gasteiger charge is 2.08. The molecule has 0 aliphatic rings. The average Bonchev–Trinajstić information content (AvgIpc) is 2.54. The van der Waals surface area contributed by atoms with Gasteiger partial charge in [-0.05, 0) is 89.5 Å². The van der Waals surface area contributed by atoms with Crippen LogP contribution in [0.2, 0.25) is 0 Å². The number of hydrogen-bond acceptors (Lipinski definition) is 4. The molecule has 2 rings (SSSR count). The first-order valence-electron chi connectivity index (χ1n) is 7.35. The Bertz CT molecular complexity index is 719. The van der Waals surface area contributed by atoms with Gasteiger partial charge in [-0.1, -0.05) is 0 Å². The monoisotopic (exact) mass is 438 g/mol. The van der Waals surface area contributed by atoms with Crippen LogP contribution in [0.15, 0.2) is 41.5 Å². The van der Waals surface area contributed by atoms with E-state index in [9.17, 15) is 4.79 Å². The number of rotatable bonds is 6. The molecule has 6 heteroatoms. The summed E-state index contributed by atoms with van der Waals surface area (Å²) in [5.74, 6) is 1.20. The van der Waals surface area contributed by atoms with Gasteiger partial charge in [0.1, 0.15) is 11.5 Å². The van der Waals surface area contributed by atoms with Gasteiger partial charge < -0.3 is 9.47 Å². The molecular weight excluding hydrogens is 419 g/mol. The van der Waals surface area contributed by atoms with E-state index < -0.39 is 0 Å². The van der Waals surface area contributed by atoms with Gasteiger partial charge in [0.2, 0.25) is 0 Å². The molecule has 24 heavy (non-hydrogen) atoms. The number of methoxy groups -OCH3 is 1. The fourth-order valence-corrected chi connectivity index (χ4v) is 3.10. The molecule has 0 bridgehead atoms. The number of hydrogen-bond donors (Lipinski definition) is 1. The second-order valence-electron chi connectivity index (χ2n) is 5.22. The van der Waals surface area contributed by atoms with Crippen LogP contribution in [0.3, 0.4) is 0 Å². The van der Waals surface area contributed by atoms with Gasteiger partial charge in [0.05, 0.1) is 13.3 Å². The summed E-state index contributed by atoms with van der Waals surface area (Å²) in [6.07, 6.45) is 1.57. The van der Waals surface area contributed by atoms with Crippen molar-refractivity contribution in [2.24, 2.45) is 5.10 Å². The van der Waals surface area contributed by atoms with E-state index in [1.807, 2.05) is 50.2 Å². The van der Waals surface area contributed by atoms with Crippen LogP contribution in [0.4, 0.5) is 0 Å². The summed E-state index contributed by atoms with van der Waals surface area (Å²) in [6.45, 7) is 3.84. The molecule has 5 nitrogen and oxygen atoms in total. The van der Waals surface area contributed by atoms with E-state index in [0.29, 0.717) is 0 Å². The van der Waals surface area contributed by atoms with E-state index in [1.165, 1.54) is 0 Å². The number of nitrogens with one attached hydrogen (secondary N) is 1. The van der Waals surface area contributed by atoms with Gasteiger partial charge in [-0.15, -0.1) is 0 Å². The Morgan fingerprint density at radius 2 is 1.83 bits per heavy atom. The molecule has 2 aromatic carbocycles. The van der Waals surface area contributed by atoms with Crippen molar-refractivity contribution in [3.05, 3.63) is 56.7 Å². The van der Waals surface area contributed by atoms with Gasteiger partial charge in [0, 0.05) is 3.57 Å². The number of carbonyl (C=O) groups is 1. The smallest absolute Gasteiger partial charge is 0.277 e. The lowest BCUT2D eigenvalue weighted by Crippen LogP contribution is -2.25. The molecule has 2 aromatic rings. The van der Waals surface area contributed by atoms with Crippen molar-refractivity contribution in [2.45, 2.75) is 13.8 Å². The summed E-state index contributed by atoms with van der Waals surface area (Å²) in [7, 11) is 1.61. The maximum Gasteiger partial charge on any atom is 0.277 e. The Morgan fingerprint density at radius 3 is 2.42 bits per heavy atom. The molecule has 0 aromatic heterocycles. The quantitative estimate of drug-likeness (QED) is 0.427. The number of amides is 1. The second-order valence-corrected chi connectivity index (χ2v) is 6.47. The number of benzene rings is 2. The molecule has 0 unspecified atom stereocenters. The van der Waals surface area contributed by atoms with Crippen molar-refractivity contribution < 1.29 is 14.3 Å². The maximum absolute atomic E-state index is 11.8. The number of aryl methyl sites for hydroxylation is 2. The third kappa shape index (κ3) is 5.23. The molecule has 0 spiro atoms. The van der Waals surface area contributed by atoms with Crippen LogP contribution in [-0.2, 0) is 4.79 Å². The summed E-state index contributed by atoms with van der Waals surface area (Å²) in [5, 5.41) is 3.92. The fourth-order valence-electron chi connectivity index (χ4n) is 2.16. The third-order valence-corrected chi connectivity index (χ3v) is 3.91. The minimum atomic E-state index is -0.308. The van der Waals surface area contributed by atoms with Gasteiger partial charge in [0.15, 0.2) is 6.61 Å². The Balaban J connectivity index is 1.86. The van der Waals surface area contributed by atoms with Gasteiger partial charge in [0.25, 0.3) is 5.91 Å². The highest BCUT2D eigenvalue weighted by Crippen LogP contribution is 2.25. The SMILES string of the molecule is COc1ccc(C=NNC(=O)COc2c(C)cc(I)cc2C)cc1. The van der Waals surface area contributed by atoms with Crippen LogP contribution in [0.1, 0.15) is 16.7 Å². The molecule has 0 saturated carbocycles. The van der Waals surface area contributed by atoms with E-state index >= 15 is 0 Å². The van der Waals surface area contributed by atoms with Gasteiger partial charge in [-0.2, -0.15) is 5.10 Å². The predicted octanol–water partition coefficient (Wildman–Crippen LogP) is 3.45. The minimum absolute atomic E-state index is 0.0811. The highest BCUT2D eigenvalue weighted by molar-refractivity contribution is 14.1. The Labute approximate surface area is 155 Å². The fraction of sp³-hybridized carbons (Fsp3) is 0.222. The zero-order valence-electron chi connectivity index (χ0n) is 13.8. The van der Waals surface area contributed by atoms with Gasteiger partial charge >= 0.3 is 0 Å². The molecule has 0 atom stereocenters. The van der Waals surface area contributed by atoms with Crippen molar-refractivity contribution in [1.82, 2.24) is 5.43 Å².